The van der Waals surface area contributed by atoms with Crippen LogP contribution in [0.1, 0.15) is 25.0 Å². The highest BCUT2D eigenvalue weighted by atomic mass is 32.2. The summed E-state index contributed by atoms with van der Waals surface area (Å²) >= 11 is 0. The van der Waals surface area contributed by atoms with Gasteiger partial charge in [-0.3, -0.25) is 9.88 Å². The second-order valence-electron chi connectivity index (χ2n) is 5.45. The molecule has 0 saturated carbocycles. The molecule has 2 fully saturated rings. The number of hydrogen-bond acceptors (Lipinski definition) is 5. The van der Waals surface area contributed by atoms with Crippen LogP contribution in [0.15, 0.2) is 23.2 Å². The predicted octanol–water partition coefficient (Wildman–Crippen LogP) is 0.0553. The summed E-state index contributed by atoms with van der Waals surface area (Å²) in [5.74, 6) is 0. The van der Waals surface area contributed by atoms with Gasteiger partial charge in [-0.1, -0.05) is 0 Å². The van der Waals surface area contributed by atoms with Crippen molar-refractivity contribution in [3.63, 3.8) is 0 Å². The zero-order valence-electron chi connectivity index (χ0n) is 11.3. The van der Waals surface area contributed by atoms with Crippen LogP contribution in [0.2, 0.25) is 0 Å². The van der Waals surface area contributed by atoms with E-state index in [-0.39, 0.29) is 10.9 Å². The van der Waals surface area contributed by atoms with Gasteiger partial charge in [-0.25, -0.2) is 13.1 Å². The SMILES string of the molecule is NCc1ccc(S(=O)(=O)NC2CCN3CCCC23)cn1. The van der Waals surface area contributed by atoms with Gasteiger partial charge >= 0.3 is 0 Å². The highest BCUT2D eigenvalue weighted by molar-refractivity contribution is 7.89. The van der Waals surface area contributed by atoms with Crippen LogP contribution in [0.3, 0.4) is 0 Å². The van der Waals surface area contributed by atoms with Crippen molar-refractivity contribution in [2.45, 2.75) is 42.8 Å². The first-order valence-electron chi connectivity index (χ1n) is 7.01. The molecule has 20 heavy (non-hydrogen) atoms. The molecule has 0 aliphatic carbocycles. The van der Waals surface area contributed by atoms with E-state index in [1.54, 1.807) is 12.1 Å². The second-order valence-corrected chi connectivity index (χ2v) is 7.17. The number of sulfonamides is 1. The van der Waals surface area contributed by atoms with E-state index in [2.05, 4.69) is 14.6 Å². The van der Waals surface area contributed by atoms with Gasteiger partial charge in [-0.05, 0) is 37.9 Å². The molecule has 2 aliphatic rings. The van der Waals surface area contributed by atoms with E-state index < -0.39 is 10.0 Å². The molecule has 3 rings (SSSR count). The smallest absolute Gasteiger partial charge is 0.242 e. The molecule has 2 aliphatic heterocycles. The molecule has 3 N–H and O–H groups in total. The van der Waals surface area contributed by atoms with Crippen LogP contribution < -0.4 is 10.5 Å². The molecule has 0 radical (unpaired) electrons. The average molecular weight is 296 g/mol. The summed E-state index contributed by atoms with van der Waals surface area (Å²) in [4.78, 5) is 6.64. The van der Waals surface area contributed by atoms with Crippen LogP contribution in [-0.2, 0) is 16.6 Å². The Kier molecular flexibility index (Phi) is 3.76. The highest BCUT2D eigenvalue weighted by Gasteiger charge is 2.39. The van der Waals surface area contributed by atoms with Crippen molar-refractivity contribution < 1.29 is 8.42 Å². The summed E-state index contributed by atoms with van der Waals surface area (Å²) in [7, 11) is -3.49. The van der Waals surface area contributed by atoms with Crippen LogP contribution in [0.5, 0.6) is 0 Å². The molecule has 0 spiro atoms. The summed E-state index contributed by atoms with van der Waals surface area (Å²) < 4.78 is 27.6. The topological polar surface area (TPSA) is 88.3 Å². The zero-order chi connectivity index (χ0) is 14.2. The Balaban J connectivity index is 1.74. The lowest BCUT2D eigenvalue weighted by molar-refractivity contribution is 0.309. The minimum Gasteiger partial charge on any atom is -0.325 e. The molecule has 1 aromatic heterocycles. The lowest BCUT2D eigenvalue weighted by Gasteiger charge is -2.21. The Hall–Kier alpha value is -1.02. The maximum absolute atomic E-state index is 12.4. The van der Waals surface area contributed by atoms with Crippen molar-refractivity contribution in [2.24, 2.45) is 5.73 Å². The molecule has 2 unspecified atom stereocenters. The Labute approximate surface area is 119 Å². The maximum atomic E-state index is 12.4. The van der Waals surface area contributed by atoms with Gasteiger partial charge < -0.3 is 5.73 Å². The Bertz CT molecular complexity index is 573. The van der Waals surface area contributed by atoms with Gasteiger partial charge in [0.05, 0.1) is 5.69 Å². The van der Waals surface area contributed by atoms with Gasteiger partial charge in [-0.2, -0.15) is 0 Å². The van der Waals surface area contributed by atoms with Gasteiger partial charge in [0.2, 0.25) is 10.0 Å². The van der Waals surface area contributed by atoms with Crippen LogP contribution in [0, 0.1) is 0 Å². The molecule has 110 valence electrons. The fourth-order valence-corrected chi connectivity index (χ4v) is 4.43. The molecule has 7 heteroatoms. The van der Waals surface area contributed by atoms with Crippen LogP contribution in [0.25, 0.3) is 0 Å². The van der Waals surface area contributed by atoms with Gasteiger partial charge in [0.15, 0.2) is 0 Å². The normalized spacial score (nSPS) is 26.9. The fourth-order valence-electron chi connectivity index (χ4n) is 3.18. The number of aromatic nitrogens is 1. The van der Waals surface area contributed by atoms with Crippen molar-refractivity contribution in [3.05, 3.63) is 24.0 Å². The minimum atomic E-state index is -3.49. The zero-order valence-corrected chi connectivity index (χ0v) is 12.1. The molecule has 2 atom stereocenters. The van der Waals surface area contributed by atoms with E-state index in [1.807, 2.05) is 0 Å². The Morgan fingerprint density at radius 3 is 2.90 bits per heavy atom. The molecule has 0 bridgehead atoms. The van der Waals surface area contributed by atoms with Crippen LogP contribution >= 0.6 is 0 Å². The van der Waals surface area contributed by atoms with Crippen LogP contribution in [-0.4, -0.2) is 43.5 Å². The lowest BCUT2D eigenvalue weighted by atomic mass is 10.1. The standard InChI is InChI=1S/C13H20N4O2S/c14-8-10-3-4-11(9-15-10)20(18,19)16-12-5-7-17-6-1-2-13(12)17/h3-4,9,12-13,16H,1-2,5-8,14H2. The first kappa shape index (κ1) is 13.9. The molecule has 1 aromatic rings. The predicted molar refractivity (Wildman–Crippen MR) is 75.4 cm³/mol. The summed E-state index contributed by atoms with van der Waals surface area (Å²) in [6.07, 6.45) is 4.51. The monoisotopic (exact) mass is 296 g/mol. The van der Waals surface area contributed by atoms with Gasteiger partial charge in [0.25, 0.3) is 0 Å². The van der Waals surface area contributed by atoms with E-state index in [4.69, 9.17) is 5.73 Å². The number of nitrogens with zero attached hydrogens (tertiary/aromatic N) is 2. The molecule has 6 nitrogen and oxygen atoms in total. The van der Waals surface area contributed by atoms with Gasteiger partial charge in [0, 0.05) is 31.4 Å². The number of nitrogens with one attached hydrogen (secondary N) is 1. The Morgan fingerprint density at radius 2 is 2.20 bits per heavy atom. The van der Waals surface area contributed by atoms with Crippen molar-refractivity contribution in [1.29, 1.82) is 0 Å². The Morgan fingerprint density at radius 1 is 1.35 bits per heavy atom. The van der Waals surface area contributed by atoms with Gasteiger partial charge in [0.1, 0.15) is 4.90 Å². The highest BCUT2D eigenvalue weighted by Crippen LogP contribution is 2.28. The van der Waals surface area contributed by atoms with Crippen molar-refractivity contribution >= 4 is 10.0 Å². The second kappa shape index (κ2) is 5.40. The molecule has 3 heterocycles. The van der Waals surface area contributed by atoms with E-state index in [1.165, 1.54) is 6.20 Å². The first-order valence-corrected chi connectivity index (χ1v) is 8.50. The first-order chi connectivity index (χ1) is 9.60. The van der Waals surface area contributed by atoms with Crippen molar-refractivity contribution in [3.8, 4) is 0 Å². The molecule has 0 amide bonds. The minimum absolute atomic E-state index is 0.0247. The fraction of sp³-hybridized carbons (Fsp3) is 0.615. The molecule has 2 saturated heterocycles. The number of nitrogens with two attached hydrogens (primary N) is 1. The van der Waals surface area contributed by atoms with E-state index >= 15 is 0 Å². The lowest BCUT2D eigenvalue weighted by Crippen LogP contribution is -2.42. The number of fused-ring (bicyclic) bond motifs is 1. The maximum Gasteiger partial charge on any atom is 0.242 e. The number of rotatable bonds is 4. The largest absolute Gasteiger partial charge is 0.325 e. The summed E-state index contributed by atoms with van der Waals surface area (Å²) in [5.41, 5.74) is 6.15. The van der Waals surface area contributed by atoms with Crippen molar-refractivity contribution in [2.75, 3.05) is 13.1 Å². The van der Waals surface area contributed by atoms with Crippen LogP contribution in [0.4, 0.5) is 0 Å². The summed E-state index contributed by atoms with van der Waals surface area (Å²) in [5, 5.41) is 0. The number of hydrogen-bond donors (Lipinski definition) is 2. The van der Waals surface area contributed by atoms with E-state index in [0.29, 0.717) is 18.3 Å². The average Bonchev–Trinajstić information content (AvgIpc) is 3.04. The molecular weight excluding hydrogens is 276 g/mol. The van der Waals surface area contributed by atoms with E-state index in [9.17, 15) is 8.42 Å². The molecule has 0 aromatic carbocycles. The third kappa shape index (κ3) is 2.58. The quantitative estimate of drug-likeness (QED) is 0.820. The molecular formula is C13H20N4O2S. The van der Waals surface area contributed by atoms with Gasteiger partial charge in [-0.15, -0.1) is 0 Å². The summed E-state index contributed by atoms with van der Waals surface area (Å²) in [6, 6.07) is 3.61. The van der Waals surface area contributed by atoms with Crippen molar-refractivity contribution in [1.82, 2.24) is 14.6 Å². The van der Waals surface area contributed by atoms with E-state index in [0.717, 1.165) is 32.4 Å². The third-order valence-electron chi connectivity index (χ3n) is 4.23. The third-order valence-corrected chi connectivity index (χ3v) is 5.70. The number of pyridine rings is 1. The summed E-state index contributed by atoms with van der Waals surface area (Å²) in [6.45, 7) is 2.39.